The van der Waals surface area contributed by atoms with Gasteiger partial charge in [0, 0.05) is 19.6 Å². The molecular weight excluding hydrogens is 338 g/mol. The van der Waals surface area contributed by atoms with Gasteiger partial charge in [0.1, 0.15) is 0 Å². The van der Waals surface area contributed by atoms with Gasteiger partial charge in [0.15, 0.2) is 0 Å². The minimum atomic E-state index is -0.143. The Hall–Kier alpha value is -2.53. The van der Waals surface area contributed by atoms with E-state index >= 15 is 0 Å². The molecule has 0 spiro atoms. The van der Waals surface area contributed by atoms with Crippen molar-refractivity contribution < 1.29 is 9.53 Å². The third-order valence-electron chi connectivity index (χ3n) is 4.69. The highest BCUT2D eigenvalue weighted by Gasteiger charge is 2.23. The number of urea groups is 1. The fourth-order valence-corrected chi connectivity index (χ4v) is 3.13. The SMILES string of the molecule is C=C(C)/C=C(/NC(=O)N(CC)C(C)c1ccccc1)C(=C)N1CCOCC1. The zero-order valence-corrected chi connectivity index (χ0v) is 16.7. The maximum Gasteiger partial charge on any atom is 0.322 e. The van der Waals surface area contributed by atoms with Gasteiger partial charge in [-0.2, -0.15) is 0 Å². The first-order valence-electron chi connectivity index (χ1n) is 9.45. The second kappa shape index (κ2) is 9.97. The number of nitrogens with one attached hydrogen (secondary N) is 1. The minimum Gasteiger partial charge on any atom is -0.378 e. The number of hydrogen-bond acceptors (Lipinski definition) is 3. The summed E-state index contributed by atoms with van der Waals surface area (Å²) in [5.41, 5.74) is 3.44. The van der Waals surface area contributed by atoms with Gasteiger partial charge in [0.05, 0.1) is 30.6 Å². The Labute approximate surface area is 163 Å². The summed E-state index contributed by atoms with van der Waals surface area (Å²) in [7, 11) is 0. The normalized spacial score (nSPS) is 15.8. The molecule has 1 atom stereocenters. The summed E-state index contributed by atoms with van der Waals surface area (Å²) in [6.07, 6.45) is 1.87. The molecule has 1 saturated heterocycles. The summed E-state index contributed by atoms with van der Waals surface area (Å²) in [5, 5.41) is 3.05. The van der Waals surface area contributed by atoms with Crippen LogP contribution in [0.4, 0.5) is 4.79 Å². The zero-order chi connectivity index (χ0) is 19.8. The number of carbonyl (C=O) groups is 1. The highest BCUT2D eigenvalue weighted by molar-refractivity contribution is 5.77. The number of carbonyl (C=O) groups excluding carboxylic acids is 1. The molecule has 1 unspecified atom stereocenters. The molecule has 1 N–H and O–H groups in total. The average molecular weight is 370 g/mol. The maximum atomic E-state index is 13.0. The third kappa shape index (κ3) is 5.73. The van der Waals surface area contributed by atoms with Crippen molar-refractivity contribution in [3.8, 4) is 0 Å². The molecule has 0 bridgehead atoms. The van der Waals surface area contributed by atoms with Crippen LogP contribution in [0.3, 0.4) is 0 Å². The fourth-order valence-electron chi connectivity index (χ4n) is 3.13. The van der Waals surface area contributed by atoms with E-state index in [0.29, 0.717) is 25.5 Å². The lowest BCUT2D eigenvalue weighted by molar-refractivity contribution is 0.0546. The summed E-state index contributed by atoms with van der Waals surface area (Å²) < 4.78 is 5.41. The van der Waals surface area contributed by atoms with Crippen LogP contribution in [0, 0.1) is 0 Å². The van der Waals surface area contributed by atoms with Gasteiger partial charge in [-0.1, -0.05) is 49.1 Å². The number of amides is 2. The quantitative estimate of drug-likeness (QED) is 0.737. The van der Waals surface area contributed by atoms with E-state index in [0.717, 1.165) is 29.9 Å². The number of morpholine rings is 1. The first kappa shape index (κ1) is 20.8. The van der Waals surface area contributed by atoms with Crippen molar-refractivity contribution in [2.45, 2.75) is 26.8 Å². The summed E-state index contributed by atoms with van der Waals surface area (Å²) in [4.78, 5) is 17.0. The second-order valence-electron chi connectivity index (χ2n) is 6.75. The molecule has 5 heteroatoms. The smallest absolute Gasteiger partial charge is 0.322 e. The van der Waals surface area contributed by atoms with Crippen LogP contribution in [0.1, 0.15) is 32.4 Å². The van der Waals surface area contributed by atoms with E-state index in [-0.39, 0.29) is 12.1 Å². The fraction of sp³-hybridized carbons (Fsp3) is 0.409. The first-order valence-corrected chi connectivity index (χ1v) is 9.45. The molecule has 146 valence electrons. The van der Waals surface area contributed by atoms with Crippen molar-refractivity contribution in [2.75, 3.05) is 32.8 Å². The Balaban J connectivity index is 2.16. The summed E-state index contributed by atoms with van der Waals surface area (Å²) in [6, 6.07) is 9.87. The van der Waals surface area contributed by atoms with Crippen molar-refractivity contribution in [1.82, 2.24) is 15.1 Å². The van der Waals surface area contributed by atoms with E-state index in [9.17, 15) is 4.79 Å². The molecule has 1 aromatic carbocycles. The number of hydrogen-bond donors (Lipinski definition) is 1. The van der Waals surface area contributed by atoms with Crippen LogP contribution in [0.15, 0.2) is 66.5 Å². The standard InChI is InChI=1S/C22H31N3O2/c1-6-25(18(4)20-10-8-7-9-11-20)22(26)23-21(16-17(2)3)19(5)24-12-14-27-15-13-24/h7-11,16,18H,2,5-6,12-15H2,1,3-4H3,(H,23,26)/b21-16+. The van der Waals surface area contributed by atoms with Gasteiger partial charge in [-0.05, 0) is 32.4 Å². The lowest BCUT2D eigenvalue weighted by Gasteiger charge is -2.33. The second-order valence-corrected chi connectivity index (χ2v) is 6.75. The molecule has 5 nitrogen and oxygen atoms in total. The molecule has 0 radical (unpaired) electrons. The largest absolute Gasteiger partial charge is 0.378 e. The summed E-state index contributed by atoms with van der Waals surface area (Å²) in [6.45, 7) is 17.5. The third-order valence-corrected chi connectivity index (χ3v) is 4.69. The van der Waals surface area contributed by atoms with Crippen molar-refractivity contribution >= 4 is 6.03 Å². The van der Waals surface area contributed by atoms with Crippen LogP contribution in [-0.2, 0) is 4.74 Å². The Morgan fingerprint density at radius 1 is 1.30 bits per heavy atom. The number of allylic oxidation sites excluding steroid dienone is 2. The lowest BCUT2D eigenvalue weighted by Crippen LogP contribution is -2.43. The van der Waals surface area contributed by atoms with E-state index in [1.165, 1.54) is 0 Å². The monoisotopic (exact) mass is 369 g/mol. The number of benzene rings is 1. The van der Waals surface area contributed by atoms with Crippen molar-refractivity contribution in [3.05, 3.63) is 72.1 Å². The molecule has 1 aliphatic heterocycles. The lowest BCUT2D eigenvalue weighted by atomic mass is 10.1. The van der Waals surface area contributed by atoms with Crippen molar-refractivity contribution in [2.24, 2.45) is 0 Å². The maximum absolute atomic E-state index is 13.0. The summed E-state index contributed by atoms with van der Waals surface area (Å²) in [5.74, 6) is 0. The summed E-state index contributed by atoms with van der Waals surface area (Å²) >= 11 is 0. The van der Waals surface area contributed by atoms with Crippen LogP contribution in [0.25, 0.3) is 0 Å². The molecule has 1 aliphatic rings. The molecule has 1 fully saturated rings. The highest BCUT2D eigenvalue weighted by Crippen LogP contribution is 2.21. The topological polar surface area (TPSA) is 44.8 Å². The Bertz CT molecular complexity index is 691. The van der Waals surface area contributed by atoms with Gasteiger partial charge in [0.2, 0.25) is 0 Å². The van der Waals surface area contributed by atoms with Crippen LogP contribution >= 0.6 is 0 Å². The number of nitrogens with zero attached hydrogens (tertiary/aromatic N) is 2. The van der Waals surface area contributed by atoms with Crippen LogP contribution < -0.4 is 5.32 Å². The van der Waals surface area contributed by atoms with E-state index < -0.39 is 0 Å². The van der Waals surface area contributed by atoms with Gasteiger partial charge < -0.3 is 19.9 Å². The molecule has 0 aromatic heterocycles. The van der Waals surface area contributed by atoms with Gasteiger partial charge in [-0.15, -0.1) is 0 Å². The average Bonchev–Trinajstić information content (AvgIpc) is 2.68. The number of rotatable bonds is 7. The minimum absolute atomic E-state index is 0.0288. The Morgan fingerprint density at radius 3 is 2.48 bits per heavy atom. The molecule has 2 amide bonds. The van der Waals surface area contributed by atoms with E-state index in [1.807, 2.05) is 62.1 Å². The zero-order valence-electron chi connectivity index (χ0n) is 16.7. The predicted molar refractivity (Wildman–Crippen MR) is 110 cm³/mol. The first-order chi connectivity index (χ1) is 12.9. The van der Waals surface area contributed by atoms with Crippen LogP contribution in [0.2, 0.25) is 0 Å². The Kier molecular flexibility index (Phi) is 7.67. The van der Waals surface area contributed by atoms with Gasteiger partial charge in [-0.3, -0.25) is 0 Å². The van der Waals surface area contributed by atoms with E-state index in [2.05, 4.69) is 23.4 Å². The predicted octanol–water partition coefficient (Wildman–Crippen LogP) is 4.09. The van der Waals surface area contributed by atoms with Gasteiger partial charge in [0.25, 0.3) is 0 Å². The number of ether oxygens (including phenoxy) is 1. The molecule has 0 saturated carbocycles. The van der Waals surface area contributed by atoms with Gasteiger partial charge >= 0.3 is 6.03 Å². The van der Waals surface area contributed by atoms with Crippen LogP contribution in [0.5, 0.6) is 0 Å². The molecule has 1 aromatic rings. The Morgan fingerprint density at radius 2 is 1.93 bits per heavy atom. The van der Waals surface area contributed by atoms with Crippen molar-refractivity contribution in [3.63, 3.8) is 0 Å². The molecule has 27 heavy (non-hydrogen) atoms. The molecule has 2 rings (SSSR count). The molecule has 1 heterocycles. The van der Waals surface area contributed by atoms with Gasteiger partial charge in [-0.25, -0.2) is 4.79 Å². The van der Waals surface area contributed by atoms with E-state index in [4.69, 9.17) is 4.74 Å². The molecular formula is C22H31N3O2. The van der Waals surface area contributed by atoms with Crippen molar-refractivity contribution in [1.29, 1.82) is 0 Å². The molecule has 0 aliphatic carbocycles. The highest BCUT2D eigenvalue weighted by atomic mass is 16.5. The van der Waals surface area contributed by atoms with E-state index in [1.54, 1.807) is 0 Å². The van der Waals surface area contributed by atoms with Crippen LogP contribution in [-0.4, -0.2) is 48.7 Å².